The number of nitrogens with zero attached hydrogens (tertiary/aromatic N) is 2. The maximum atomic E-state index is 12.4. The Kier molecular flexibility index (Phi) is 6.62. The maximum Gasteiger partial charge on any atom is 0.226 e. The van der Waals surface area contributed by atoms with Gasteiger partial charge < -0.3 is 15.0 Å². The number of H-pyrrole nitrogens is 1. The van der Waals surface area contributed by atoms with E-state index in [9.17, 15) is 4.79 Å². The van der Waals surface area contributed by atoms with E-state index < -0.39 is 0 Å². The summed E-state index contributed by atoms with van der Waals surface area (Å²) in [7, 11) is 0. The minimum Gasteiger partial charge on any atom is -0.373 e. The molecule has 1 amide bonds. The lowest BCUT2D eigenvalue weighted by atomic mass is 10.2. The number of thiazole rings is 1. The molecule has 1 saturated heterocycles. The van der Waals surface area contributed by atoms with Crippen LogP contribution in [0.4, 0.5) is 5.13 Å². The molecule has 0 spiro atoms. The molecule has 2 aromatic heterocycles. The third kappa shape index (κ3) is 5.56. The Bertz CT molecular complexity index is 959. The van der Waals surface area contributed by atoms with Crippen molar-refractivity contribution in [1.82, 2.24) is 14.9 Å². The number of carbonyl (C=O) groups excluding carboxylic acids is 1. The number of ether oxygens (including phenoxy) is 1. The zero-order valence-electron chi connectivity index (χ0n) is 17.4. The van der Waals surface area contributed by atoms with Crippen LogP contribution in [0.2, 0.25) is 0 Å². The van der Waals surface area contributed by atoms with Crippen LogP contribution in [0.25, 0.3) is 11.3 Å². The lowest BCUT2D eigenvalue weighted by molar-refractivity contribution is -0.116. The van der Waals surface area contributed by atoms with Gasteiger partial charge in [0.1, 0.15) is 0 Å². The molecule has 3 heterocycles. The van der Waals surface area contributed by atoms with Crippen molar-refractivity contribution in [2.75, 3.05) is 18.4 Å². The number of rotatable bonds is 7. The van der Waals surface area contributed by atoms with Gasteiger partial charge in [0, 0.05) is 42.8 Å². The molecule has 30 heavy (non-hydrogen) atoms. The molecule has 3 aromatic rings. The van der Waals surface area contributed by atoms with Crippen molar-refractivity contribution in [3.63, 3.8) is 0 Å². The van der Waals surface area contributed by atoms with Crippen LogP contribution in [0.5, 0.6) is 0 Å². The van der Waals surface area contributed by atoms with Crippen LogP contribution in [-0.2, 0) is 22.5 Å². The predicted octanol–water partition coefficient (Wildman–Crippen LogP) is 4.32. The number of amides is 1. The van der Waals surface area contributed by atoms with E-state index in [1.54, 1.807) is 0 Å². The number of aromatic amines is 1. The number of anilines is 1. The van der Waals surface area contributed by atoms with Crippen molar-refractivity contribution >= 4 is 22.4 Å². The summed E-state index contributed by atoms with van der Waals surface area (Å²) in [5, 5.41) is 5.63. The van der Waals surface area contributed by atoms with Gasteiger partial charge in [0.15, 0.2) is 5.13 Å². The van der Waals surface area contributed by atoms with E-state index in [2.05, 4.69) is 52.2 Å². The number of hydrogen-bond donors (Lipinski definition) is 2. The fourth-order valence-corrected chi connectivity index (χ4v) is 4.60. The Balaban J connectivity index is 1.25. The first-order chi connectivity index (χ1) is 14.5. The van der Waals surface area contributed by atoms with Crippen LogP contribution >= 0.6 is 11.3 Å². The first-order valence-electron chi connectivity index (χ1n) is 10.4. The van der Waals surface area contributed by atoms with Crippen molar-refractivity contribution in [1.29, 1.82) is 0 Å². The number of benzene rings is 1. The lowest BCUT2D eigenvalue weighted by Gasteiger charge is -2.34. The van der Waals surface area contributed by atoms with Gasteiger partial charge in [-0.1, -0.05) is 30.3 Å². The molecule has 1 aliphatic heterocycles. The van der Waals surface area contributed by atoms with Crippen LogP contribution in [0.3, 0.4) is 0 Å². The highest BCUT2D eigenvalue weighted by molar-refractivity contribution is 7.13. The standard InChI is InChI=1S/C23H28N4O2S/c1-16-12-27(13-17(2)29-16)14-20-15-30-23(25-20)26-22(28)11-9-19-8-10-21(24-19)18-6-4-3-5-7-18/h3-8,10,15-17,24H,9,11-14H2,1-2H3,(H,25,26,28). The van der Waals surface area contributed by atoms with Crippen LogP contribution in [0.1, 0.15) is 31.7 Å². The fourth-order valence-electron chi connectivity index (χ4n) is 3.88. The van der Waals surface area contributed by atoms with E-state index in [4.69, 9.17) is 4.74 Å². The van der Waals surface area contributed by atoms with Gasteiger partial charge in [0.2, 0.25) is 5.91 Å². The molecule has 0 aliphatic carbocycles. The lowest BCUT2D eigenvalue weighted by Crippen LogP contribution is -2.44. The minimum atomic E-state index is -0.0135. The highest BCUT2D eigenvalue weighted by atomic mass is 32.1. The summed E-state index contributed by atoms with van der Waals surface area (Å²) < 4.78 is 5.78. The van der Waals surface area contributed by atoms with Crippen molar-refractivity contribution in [3.8, 4) is 11.3 Å². The topological polar surface area (TPSA) is 70.2 Å². The van der Waals surface area contributed by atoms with Gasteiger partial charge in [0.25, 0.3) is 0 Å². The highest BCUT2D eigenvalue weighted by Gasteiger charge is 2.22. The SMILES string of the molecule is CC1CN(Cc2csc(NC(=O)CCc3ccc(-c4ccccc4)[nH]3)n2)CC(C)O1. The number of hydrogen-bond acceptors (Lipinski definition) is 5. The molecule has 0 radical (unpaired) electrons. The summed E-state index contributed by atoms with van der Waals surface area (Å²) in [6.45, 7) is 6.80. The molecular weight excluding hydrogens is 396 g/mol. The van der Waals surface area contributed by atoms with Gasteiger partial charge in [-0.05, 0) is 38.0 Å². The Morgan fingerprint density at radius 2 is 1.97 bits per heavy atom. The van der Waals surface area contributed by atoms with Gasteiger partial charge in [-0.15, -0.1) is 11.3 Å². The second kappa shape index (κ2) is 9.55. The third-order valence-corrected chi connectivity index (χ3v) is 5.94. The van der Waals surface area contributed by atoms with E-state index in [0.29, 0.717) is 18.0 Å². The first-order valence-corrected chi connectivity index (χ1v) is 11.3. The molecule has 0 bridgehead atoms. The Labute approximate surface area is 181 Å². The van der Waals surface area contributed by atoms with Crippen molar-refractivity contribution in [3.05, 3.63) is 59.2 Å². The quantitative estimate of drug-likeness (QED) is 0.593. The normalized spacial score (nSPS) is 19.7. The second-order valence-electron chi connectivity index (χ2n) is 7.91. The molecular formula is C23H28N4O2S. The van der Waals surface area contributed by atoms with E-state index in [0.717, 1.165) is 42.3 Å². The Hall–Kier alpha value is -2.48. The van der Waals surface area contributed by atoms with Gasteiger partial charge in [-0.3, -0.25) is 9.69 Å². The fraction of sp³-hybridized carbons (Fsp3) is 0.391. The van der Waals surface area contributed by atoms with Crippen LogP contribution in [0.15, 0.2) is 47.8 Å². The smallest absolute Gasteiger partial charge is 0.226 e. The third-order valence-electron chi connectivity index (χ3n) is 5.13. The van der Waals surface area contributed by atoms with E-state index in [1.165, 1.54) is 11.3 Å². The molecule has 2 N–H and O–H groups in total. The van der Waals surface area contributed by atoms with E-state index >= 15 is 0 Å². The van der Waals surface area contributed by atoms with Crippen LogP contribution < -0.4 is 5.32 Å². The number of nitrogens with one attached hydrogen (secondary N) is 2. The summed E-state index contributed by atoms with van der Waals surface area (Å²) in [6, 6.07) is 14.3. The number of aromatic nitrogens is 2. The van der Waals surface area contributed by atoms with E-state index in [-0.39, 0.29) is 18.1 Å². The van der Waals surface area contributed by atoms with Crippen molar-refractivity contribution in [2.24, 2.45) is 0 Å². The molecule has 1 aliphatic rings. The number of aryl methyl sites for hydroxylation is 1. The second-order valence-corrected chi connectivity index (χ2v) is 8.76. The van der Waals surface area contributed by atoms with Gasteiger partial charge in [0.05, 0.1) is 17.9 Å². The summed E-state index contributed by atoms with van der Waals surface area (Å²) in [5.41, 5.74) is 4.27. The molecule has 1 aromatic carbocycles. The number of morpholine rings is 1. The summed E-state index contributed by atoms with van der Waals surface area (Å²) in [6.07, 6.45) is 1.56. The van der Waals surface area contributed by atoms with Crippen LogP contribution in [0, 0.1) is 0 Å². The number of carbonyl (C=O) groups is 1. The Morgan fingerprint density at radius 1 is 1.20 bits per heavy atom. The van der Waals surface area contributed by atoms with Gasteiger partial charge >= 0.3 is 0 Å². The maximum absolute atomic E-state index is 12.4. The van der Waals surface area contributed by atoms with Crippen molar-refractivity contribution < 1.29 is 9.53 Å². The largest absolute Gasteiger partial charge is 0.373 e. The minimum absolute atomic E-state index is 0.0135. The van der Waals surface area contributed by atoms with Crippen molar-refractivity contribution in [2.45, 2.75) is 45.4 Å². The molecule has 2 unspecified atom stereocenters. The summed E-state index contributed by atoms with van der Waals surface area (Å²) in [5.74, 6) is -0.0135. The monoisotopic (exact) mass is 424 g/mol. The zero-order valence-corrected chi connectivity index (χ0v) is 18.2. The Morgan fingerprint density at radius 3 is 2.73 bits per heavy atom. The predicted molar refractivity (Wildman–Crippen MR) is 121 cm³/mol. The highest BCUT2D eigenvalue weighted by Crippen LogP contribution is 2.21. The molecule has 0 saturated carbocycles. The average Bonchev–Trinajstić information content (AvgIpc) is 3.36. The summed E-state index contributed by atoms with van der Waals surface area (Å²) >= 11 is 1.48. The molecule has 4 rings (SSSR count). The first kappa shape index (κ1) is 20.8. The van der Waals surface area contributed by atoms with Gasteiger partial charge in [-0.2, -0.15) is 0 Å². The van der Waals surface area contributed by atoms with E-state index in [1.807, 2.05) is 29.6 Å². The average molecular weight is 425 g/mol. The molecule has 6 nitrogen and oxygen atoms in total. The molecule has 2 atom stereocenters. The molecule has 1 fully saturated rings. The van der Waals surface area contributed by atoms with Crippen LogP contribution in [-0.4, -0.2) is 46.1 Å². The van der Waals surface area contributed by atoms with Gasteiger partial charge in [-0.25, -0.2) is 4.98 Å². The summed E-state index contributed by atoms with van der Waals surface area (Å²) in [4.78, 5) is 22.7. The molecule has 7 heteroatoms. The zero-order chi connectivity index (χ0) is 20.9. The molecule has 158 valence electrons.